The molecule has 0 bridgehead atoms. The number of benzene rings is 2. The second kappa shape index (κ2) is 7.31. The van der Waals surface area contributed by atoms with Crippen molar-refractivity contribution in [2.45, 2.75) is 16.7 Å². The first kappa shape index (κ1) is 17.1. The molecule has 2 rings (SSSR count). The van der Waals surface area contributed by atoms with E-state index in [1.54, 1.807) is 36.0 Å². The van der Waals surface area contributed by atoms with Crippen LogP contribution in [0, 0.1) is 18.3 Å². The van der Waals surface area contributed by atoms with E-state index in [2.05, 4.69) is 9.44 Å². The Morgan fingerprint density at radius 1 is 1.13 bits per heavy atom. The van der Waals surface area contributed by atoms with Crippen LogP contribution in [0.2, 0.25) is 0 Å². The van der Waals surface area contributed by atoms with Crippen molar-refractivity contribution in [1.29, 1.82) is 5.26 Å². The summed E-state index contributed by atoms with van der Waals surface area (Å²) in [6, 6.07) is 15.0. The van der Waals surface area contributed by atoms with E-state index in [1.807, 2.05) is 31.4 Å². The molecule has 0 atom stereocenters. The largest absolute Gasteiger partial charge is 0.358 e. The van der Waals surface area contributed by atoms with Crippen LogP contribution in [0.1, 0.15) is 11.1 Å². The van der Waals surface area contributed by atoms with Gasteiger partial charge in [0.2, 0.25) is 0 Å². The molecular formula is C16H14N2O3S2. The van der Waals surface area contributed by atoms with Crippen molar-refractivity contribution in [1.82, 2.24) is 0 Å². The number of hydrogen-bond acceptors (Lipinski definition) is 6. The van der Waals surface area contributed by atoms with E-state index in [0.717, 1.165) is 10.5 Å². The molecule has 23 heavy (non-hydrogen) atoms. The van der Waals surface area contributed by atoms with Gasteiger partial charge in [0.1, 0.15) is 11.0 Å². The summed E-state index contributed by atoms with van der Waals surface area (Å²) < 4.78 is 28.8. The Morgan fingerprint density at radius 2 is 1.74 bits per heavy atom. The van der Waals surface area contributed by atoms with Crippen LogP contribution in [-0.4, -0.2) is 20.4 Å². The molecule has 2 aromatic carbocycles. The minimum atomic E-state index is -4.05. The maximum Gasteiger partial charge on any atom is 0.358 e. The third kappa shape index (κ3) is 4.34. The quantitative estimate of drug-likeness (QED) is 0.471. The second-order valence-corrected chi connectivity index (χ2v) is 7.03. The third-order valence-corrected chi connectivity index (χ3v) is 4.87. The van der Waals surface area contributed by atoms with Crippen LogP contribution >= 0.6 is 11.8 Å². The first-order valence-corrected chi connectivity index (χ1v) is 9.22. The lowest BCUT2D eigenvalue weighted by Crippen LogP contribution is -2.06. The molecule has 2 aromatic rings. The van der Waals surface area contributed by atoms with E-state index >= 15 is 0 Å². The lowest BCUT2D eigenvalue weighted by atomic mass is 10.1. The number of thioether (sulfide) groups is 1. The number of rotatable bonds is 5. The zero-order valence-electron chi connectivity index (χ0n) is 12.6. The summed E-state index contributed by atoms with van der Waals surface area (Å²) in [7, 11) is -4.05. The van der Waals surface area contributed by atoms with Crippen molar-refractivity contribution in [2.24, 2.45) is 5.16 Å². The fourth-order valence-electron chi connectivity index (χ4n) is 1.72. The molecule has 0 aliphatic rings. The monoisotopic (exact) mass is 346 g/mol. The molecule has 0 heterocycles. The number of nitriles is 1. The van der Waals surface area contributed by atoms with Crippen molar-refractivity contribution in [2.75, 3.05) is 6.26 Å². The van der Waals surface area contributed by atoms with Crippen molar-refractivity contribution in [3.8, 4) is 6.07 Å². The van der Waals surface area contributed by atoms with Gasteiger partial charge >= 0.3 is 10.1 Å². The highest BCUT2D eigenvalue weighted by Gasteiger charge is 2.16. The Kier molecular flexibility index (Phi) is 5.42. The van der Waals surface area contributed by atoms with E-state index in [-0.39, 0.29) is 10.6 Å². The van der Waals surface area contributed by atoms with Gasteiger partial charge in [-0.05, 0) is 37.4 Å². The maximum atomic E-state index is 12.1. The highest BCUT2D eigenvalue weighted by molar-refractivity contribution is 7.98. The summed E-state index contributed by atoms with van der Waals surface area (Å²) in [6.07, 6.45) is 1.94. The summed E-state index contributed by atoms with van der Waals surface area (Å²) >= 11 is 1.56. The van der Waals surface area contributed by atoms with E-state index in [9.17, 15) is 8.42 Å². The van der Waals surface area contributed by atoms with Gasteiger partial charge in [0.25, 0.3) is 0 Å². The molecule has 7 heteroatoms. The zero-order chi connectivity index (χ0) is 16.9. The molecule has 0 fully saturated rings. The van der Waals surface area contributed by atoms with Crippen LogP contribution in [0.4, 0.5) is 0 Å². The van der Waals surface area contributed by atoms with Crippen LogP contribution in [0.3, 0.4) is 0 Å². The van der Waals surface area contributed by atoms with E-state index in [4.69, 9.17) is 5.26 Å². The smallest absolute Gasteiger partial charge is 0.263 e. The molecule has 0 N–H and O–H groups in total. The summed E-state index contributed by atoms with van der Waals surface area (Å²) in [5.74, 6) is 0. The van der Waals surface area contributed by atoms with Gasteiger partial charge in [-0.15, -0.1) is 11.8 Å². The Morgan fingerprint density at radius 3 is 2.26 bits per heavy atom. The summed E-state index contributed by atoms with van der Waals surface area (Å²) in [6.45, 7) is 1.85. The molecule has 0 aliphatic carbocycles. The van der Waals surface area contributed by atoms with E-state index in [1.165, 1.54) is 12.1 Å². The first-order chi connectivity index (χ1) is 11.0. The van der Waals surface area contributed by atoms with Gasteiger partial charge in [0.15, 0.2) is 5.71 Å². The van der Waals surface area contributed by atoms with E-state index in [0.29, 0.717) is 5.56 Å². The van der Waals surface area contributed by atoms with Gasteiger partial charge in [-0.3, -0.25) is 4.28 Å². The number of oxime groups is 1. The fraction of sp³-hybridized carbons (Fsp3) is 0.125. The minimum Gasteiger partial charge on any atom is -0.263 e. The van der Waals surface area contributed by atoms with Gasteiger partial charge in [-0.1, -0.05) is 35.0 Å². The SMILES string of the molecule is CSc1ccc(/C(C#N)=N/OS(=O)(=O)c2ccc(C)cc2)cc1. The van der Waals surface area contributed by atoms with Crippen LogP contribution in [0.15, 0.2) is 63.5 Å². The van der Waals surface area contributed by atoms with Crippen LogP contribution < -0.4 is 0 Å². The highest BCUT2D eigenvalue weighted by Crippen LogP contribution is 2.17. The van der Waals surface area contributed by atoms with Crippen molar-refractivity contribution in [3.05, 3.63) is 59.7 Å². The number of nitrogens with zero attached hydrogens (tertiary/aromatic N) is 2. The summed E-state index contributed by atoms with van der Waals surface area (Å²) in [4.78, 5) is 1.01. The van der Waals surface area contributed by atoms with Gasteiger partial charge in [-0.25, -0.2) is 0 Å². The predicted molar refractivity (Wildman–Crippen MR) is 89.8 cm³/mol. The van der Waals surface area contributed by atoms with Gasteiger partial charge in [0, 0.05) is 10.5 Å². The molecule has 0 amide bonds. The Hall–Kier alpha value is -2.30. The Bertz CT molecular complexity index is 850. The van der Waals surface area contributed by atoms with Crippen LogP contribution in [0.25, 0.3) is 0 Å². The highest BCUT2D eigenvalue weighted by atomic mass is 32.2. The molecule has 0 radical (unpaired) electrons. The lowest BCUT2D eigenvalue weighted by molar-refractivity contribution is 0.339. The van der Waals surface area contributed by atoms with Crippen LogP contribution in [0.5, 0.6) is 0 Å². The van der Waals surface area contributed by atoms with Gasteiger partial charge in [0.05, 0.1) is 0 Å². The third-order valence-electron chi connectivity index (χ3n) is 3.01. The Balaban J connectivity index is 2.24. The average Bonchev–Trinajstić information content (AvgIpc) is 2.56. The average molecular weight is 346 g/mol. The normalized spacial score (nSPS) is 11.8. The molecule has 0 spiro atoms. The van der Waals surface area contributed by atoms with Crippen molar-refractivity contribution >= 4 is 27.6 Å². The molecular weight excluding hydrogens is 332 g/mol. The molecule has 0 unspecified atom stereocenters. The summed E-state index contributed by atoms with van der Waals surface area (Å²) in [5, 5.41) is 12.6. The maximum absolute atomic E-state index is 12.1. The topological polar surface area (TPSA) is 79.5 Å². The molecule has 0 saturated carbocycles. The number of hydrogen-bond donors (Lipinski definition) is 0. The molecule has 0 saturated heterocycles. The minimum absolute atomic E-state index is 0.0122. The molecule has 5 nitrogen and oxygen atoms in total. The van der Waals surface area contributed by atoms with E-state index < -0.39 is 10.1 Å². The summed E-state index contributed by atoms with van der Waals surface area (Å²) in [5.41, 5.74) is 1.32. The Labute approximate surface area is 139 Å². The molecule has 118 valence electrons. The fourth-order valence-corrected chi connectivity index (χ4v) is 2.86. The van der Waals surface area contributed by atoms with Crippen LogP contribution in [-0.2, 0) is 14.4 Å². The zero-order valence-corrected chi connectivity index (χ0v) is 14.2. The second-order valence-electron chi connectivity index (χ2n) is 4.62. The van der Waals surface area contributed by atoms with Gasteiger partial charge < -0.3 is 0 Å². The molecule has 0 aliphatic heterocycles. The number of aryl methyl sites for hydroxylation is 1. The van der Waals surface area contributed by atoms with Crippen molar-refractivity contribution in [3.63, 3.8) is 0 Å². The first-order valence-electron chi connectivity index (χ1n) is 6.59. The lowest BCUT2D eigenvalue weighted by Gasteiger charge is -2.03. The van der Waals surface area contributed by atoms with Crippen molar-refractivity contribution < 1.29 is 12.7 Å². The standard InChI is InChI=1S/C16H14N2O3S2/c1-12-3-9-15(10-4-12)23(19,20)21-18-16(11-17)13-5-7-14(22-2)8-6-13/h3-10H,1-2H3/b18-16+. The molecule has 0 aromatic heterocycles. The predicted octanol–water partition coefficient (Wildman–Crippen LogP) is 3.35. The van der Waals surface area contributed by atoms with Gasteiger partial charge in [-0.2, -0.15) is 13.7 Å².